The second kappa shape index (κ2) is 4.54. The molecule has 1 unspecified atom stereocenters. The van der Waals surface area contributed by atoms with Crippen LogP contribution >= 0.6 is 0 Å². The lowest BCUT2D eigenvalue weighted by Crippen LogP contribution is -1.98. The number of furan rings is 1. The molecule has 90 valence electrons. The smallest absolute Gasteiger partial charge is 0.371 e. The van der Waals surface area contributed by atoms with Gasteiger partial charge in [-0.05, 0) is 18.2 Å². The molecule has 0 aliphatic heterocycles. The van der Waals surface area contributed by atoms with Crippen molar-refractivity contribution in [1.82, 2.24) is 9.78 Å². The van der Waals surface area contributed by atoms with Crippen LogP contribution in [0.2, 0.25) is 0 Å². The fourth-order valence-electron chi connectivity index (χ4n) is 1.30. The minimum absolute atomic E-state index is 0.146. The minimum Gasteiger partial charge on any atom is -0.475 e. The van der Waals surface area contributed by atoms with Crippen LogP contribution in [0, 0.1) is 0 Å². The van der Waals surface area contributed by atoms with Gasteiger partial charge in [0.05, 0.1) is 22.2 Å². The molecule has 0 aromatic carbocycles. The molecule has 2 aromatic heterocycles. The maximum atomic E-state index is 11.8. The number of carbonyl (C=O) groups is 1. The van der Waals surface area contributed by atoms with Crippen molar-refractivity contribution in [3.8, 4) is 0 Å². The molecule has 0 fully saturated rings. The summed E-state index contributed by atoms with van der Waals surface area (Å²) < 4.78 is 18.4. The van der Waals surface area contributed by atoms with Crippen LogP contribution in [0.1, 0.15) is 16.2 Å². The van der Waals surface area contributed by atoms with E-state index in [-0.39, 0.29) is 16.6 Å². The van der Waals surface area contributed by atoms with Crippen molar-refractivity contribution in [3.05, 3.63) is 35.9 Å². The third-order valence-electron chi connectivity index (χ3n) is 2.06. The number of carboxylic acids is 1. The lowest BCUT2D eigenvalue weighted by Gasteiger charge is -1.95. The lowest BCUT2D eigenvalue weighted by molar-refractivity contribution is 0.0656. The number of nitrogens with zero attached hydrogens (tertiary/aromatic N) is 2. The Hall–Kier alpha value is -1.89. The molecule has 0 saturated carbocycles. The first kappa shape index (κ1) is 11.6. The second-order valence-electron chi connectivity index (χ2n) is 3.39. The molecule has 2 aromatic rings. The number of carboxylic acid groups (broad SMARTS) is 1. The van der Waals surface area contributed by atoms with Gasteiger partial charge < -0.3 is 9.52 Å². The number of hydrogen-bond donors (Lipinski definition) is 1. The Labute approximate surface area is 99.3 Å². The van der Waals surface area contributed by atoms with Crippen LogP contribution < -0.4 is 0 Å². The van der Waals surface area contributed by atoms with Gasteiger partial charge in [-0.15, -0.1) is 0 Å². The van der Waals surface area contributed by atoms with Crippen molar-refractivity contribution in [2.75, 3.05) is 0 Å². The molecule has 0 radical (unpaired) electrons. The molecule has 6 nitrogen and oxygen atoms in total. The molecule has 0 saturated heterocycles. The third-order valence-corrected chi connectivity index (χ3v) is 3.29. The molecule has 0 bridgehead atoms. The van der Waals surface area contributed by atoms with E-state index >= 15 is 0 Å². The van der Waals surface area contributed by atoms with Crippen LogP contribution in [0.4, 0.5) is 0 Å². The maximum Gasteiger partial charge on any atom is 0.371 e. The van der Waals surface area contributed by atoms with Crippen molar-refractivity contribution in [3.63, 3.8) is 0 Å². The van der Waals surface area contributed by atoms with E-state index in [0.717, 1.165) is 0 Å². The standard InChI is InChI=1S/C10H10N2O4S/c1-12-5-4-7(11-12)6-17(15)9-3-2-8(16-9)10(13)14/h2-5H,6H2,1H3,(H,13,14). The normalized spacial score (nSPS) is 12.5. The molecule has 2 heterocycles. The fraction of sp³-hybridized carbons (Fsp3) is 0.200. The van der Waals surface area contributed by atoms with Crippen LogP contribution in [0.25, 0.3) is 0 Å². The Morgan fingerprint density at radius 3 is 2.82 bits per heavy atom. The van der Waals surface area contributed by atoms with E-state index in [1.807, 2.05) is 0 Å². The number of aromatic nitrogens is 2. The topological polar surface area (TPSA) is 85.3 Å². The number of aromatic carboxylic acids is 1. The van der Waals surface area contributed by atoms with E-state index in [0.29, 0.717) is 5.69 Å². The third kappa shape index (κ3) is 2.62. The van der Waals surface area contributed by atoms with Gasteiger partial charge in [0.1, 0.15) is 0 Å². The molecule has 0 spiro atoms. The van der Waals surface area contributed by atoms with Gasteiger partial charge in [-0.3, -0.25) is 8.89 Å². The van der Waals surface area contributed by atoms with Crippen molar-refractivity contribution < 1.29 is 18.5 Å². The summed E-state index contributed by atoms with van der Waals surface area (Å²) in [5.74, 6) is -1.19. The van der Waals surface area contributed by atoms with Gasteiger partial charge in [0.15, 0.2) is 5.09 Å². The summed E-state index contributed by atoms with van der Waals surface area (Å²) in [6, 6.07) is 4.44. The number of aryl methyl sites for hydroxylation is 1. The molecule has 1 atom stereocenters. The molecule has 1 N–H and O–H groups in total. The Kier molecular flexibility index (Phi) is 3.10. The zero-order chi connectivity index (χ0) is 12.4. The summed E-state index contributed by atoms with van der Waals surface area (Å²) in [7, 11) is 0.343. The first-order valence-electron chi connectivity index (χ1n) is 4.76. The summed E-state index contributed by atoms with van der Waals surface area (Å²) in [6.07, 6.45) is 1.75. The summed E-state index contributed by atoms with van der Waals surface area (Å²) >= 11 is 0. The number of rotatable bonds is 4. The van der Waals surface area contributed by atoms with Crippen molar-refractivity contribution in [1.29, 1.82) is 0 Å². The summed E-state index contributed by atoms with van der Waals surface area (Å²) in [5, 5.41) is 12.9. The van der Waals surface area contributed by atoms with Crippen molar-refractivity contribution in [2.45, 2.75) is 10.8 Å². The van der Waals surface area contributed by atoms with Crippen LogP contribution in [-0.4, -0.2) is 25.1 Å². The predicted octanol–water partition coefficient (Wildman–Crippen LogP) is 1.02. The van der Waals surface area contributed by atoms with Crippen LogP contribution in [-0.2, 0) is 23.6 Å². The first-order valence-corrected chi connectivity index (χ1v) is 6.08. The van der Waals surface area contributed by atoms with E-state index in [4.69, 9.17) is 9.52 Å². The molecule has 0 amide bonds. The highest BCUT2D eigenvalue weighted by atomic mass is 32.2. The molecule has 7 heteroatoms. The maximum absolute atomic E-state index is 11.8. The highest BCUT2D eigenvalue weighted by Crippen LogP contribution is 2.15. The molecule has 17 heavy (non-hydrogen) atoms. The van der Waals surface area contributed by atoms with Crippen LogP contribution in [0.3, 0.4) is 0 Å². The molecule has 0 aliphatic rings. The molecule has 2 rings (SSSR count). The Morgan fingerprint density at radius 2 is 2.29 bits per heavy atom. The van der Waals surface area contributed by atoms with E-state index in [1.165, 1.54) is 12.1 Å². The Balaban J connectivity index is 2.11. The Bertz CT molecular complexity index is 572. The van der Waals surface area contributed by atoms with Gasteiger partial charge in [-0.2, -0.15) is 5.10 Å². The van der Waals surface area contributed by atoms with Gasteiger partial charge >= 0.3 is 5.97 Å². The van der Waals surface area contributed by atoms with Gasteiger partial charge in [0, 0.05) is 13.2 Å². The van der Waals surface area contributed by atoms with Gasteiger partial charge in [0.25, 0.3) is 0 Å². The predicted molar refractivity (Wildman–Crippen MR) is 59.0 cm³/mol. The van der Waals surface area contributed by atoms with Gasteiger partial charge in [-0.1, -0.05) is 0 Å². The Morgan fingerprint density at radius 1 is 1.53 bits per heavy atom. The summed E-state index contributed by atoms with van der Waals surface area (Å²) in [4.78, 5) is 10.6. The molecular formula is C10H10N2O4S. The van der Waals surface area contributed by atoms with Crippen molar-refractivity contribution in [2.24, 2.45) is 7.05 Å². The summed E-state index contributed by atoms with van der Waals surface area (Å²) in [5.41, 5.74) is 0.666. The van der Waals surface area contributed by atoms with E-state index < -0.39 is 16.8 Å². The first-order chi connectivity index (χ1) is 8.06. The monoisotopic (exact) mass is 254 g/mol. The van der Waals surface area contributed by atoms with Gasteiger partial charge in [-0.25, -0.2) is 4.79 Å². The lowest BCUT2D eigenvalue weighted by atomic mass is 10.5. The highest BCUT2D eigenvalue weighted by molar-refractivity contribution is 7.84. The second-order valence-corrected chi connectivity index (χ2v) is 4.78. The van der Waals surface area contributed by atoms with Gasteiger partial charge in [0.2, 0.25) is 5.76 Å². The zero-order valence-electron chi connectivity index (χ0n) is 8.99. The zero-order valence-corrected chi connectivity index (χ0v) is 9.81. The minimum atomic E-state index is -1.42. The number of hydrogen-bond acceptors (Lipinski definition) is 4. The molecular weight excluding hydrogens is 244 g/mol. The van der Waals surface area contributed by atoms with Crippen molar-refractivity contribution >= 4 is 16.8 Å². The largest absolute Gasteiger partial charge is 0.475 e. The van der Waals surface area contributed by atoms with E-state index in [9.17, 15) is 9.00 Å². The van der Waals surface area contributed by atoms with Crippen LogP contribution in [0.15, 0.2) is 33.9 Å². The van der Waals surface area contributed by atoms with E-state index in [2.05, 4.69) is 5.10 Å². The fourth-order valence-corrected chi connectivity index (χ4v) is 2.27. The average Bonchev–Trinajstić information content (AvgIpc) is 2.86. The average molecular weight is 254 g/mol. The van der Waals surface area contributed by atoms with Crippen LogP contribution in [0.5, 0.6) is 0 Å². The quantitative estimate of drug-likeness (QED) is 0.880. The summed E-state index contributed by atoms with van der Waals surface area (Å²) in [6.45, 7) is 0. The SMILES string of the molecule is Cn1ccc(CS(=O)c2ccc(C(=O)O)o2)n1. The van der Waals surface area contributed by atoms with E-state index in [1.54, 1.807) is 24.0 Å². The molecule has 0 aliphatic carbocycles. The highest BCUT2D eigenvalue weighted by Gasteiger charge is 2.14.